The molecule has 8 heteroatoms. The highest BCUT2D eigenvalue weighted by molar-refractivity contribution is 5.86. The molecule has 0 radical (unpaired) electrons. The molecule has 0 saturated heterocycles. The minimum atomic E-state index is -3.01. The fourth-order valence-corrected chi connectivity index (χ4v) is 1.64. The Morgan fingerprint density at radius 1 is 1.58 bits per heavy atom. The molecule has 6 nitrogen and oxygen atoms in total. The third-order valence-corrected chi connectivity index (χ3v) is 2.57. The van der Waals surface area contributed by atoms with Gasteiger partial charge in [-0.2, -0.15) is 5.10 Å². The summed E-state index contributed by atoms with van der Waals surface area (Å²) in [6.07, 6.45) is -2.36. The smallest absolute Gasteiger partial charge is 0.374 e. The Labute approximate surface area is 106 Å². The highest BCUT2D eigenvalue weighted by atomic mass is 19.3. The predicted molar refractivity (Wildman–Crippen MR) is 60.0 cm³/mol. The van der Waals surface area contributed by atoms with Crippen LogP contribution >= 0.6 is 0 Å². The van der Waals surface area contributed by atoms with Gasteiger partial charge >= 0.3 is 5.97 Å². The van der Waals surface area contributed by atoms with E-state index < -0.39 is 23.8 Å². The van der Waals surface area contributed by atoms with Gasteiger partial charge < -0.3 is 9.52 Å². The van der Waals surface area contributed by atoms with Gasteiger partial charge in [-0.25, -0.2) is 18.6 Å². The number of aromatic nitrogens is 3. The fourth-order valence-electron chi connectivity index (χ4n) is 1.64. The zero-order valence-electron chi connectivity index (χ0n) is 10.2. The maximum atomic E-state index is 12.7. The van der Waals surface area contributed by atoms with Crippen LogP contribution in [0.25, 0.3) is 11.6 Å². The van der Waals surface area contributed by atoms with Gasteiger partial charge in [0.1, 0.15) is 5.69 Å². The Hall–Kier alpha value is -2.25. The number of hydrogen-bond acceptors (Lipinski definition) is 4. The third-order valence-electron chi connectivity index (χ3n) is 2.57. The second-order valence-corrected chi connectivity index (χ2v) is 3.84. The van der Waals surface area contributed by atoms with Crippen molar-refractivity contribution in [1.29, 1.82) is 0 Å². The van der Waals surface area contributed by atoms with Gasteiger partial charge in [0.2, 0.25) is 11.7 Å². The molecular formula is C11H11F2N3O3. The lowest BCUT2D eigenvalue weighted by Crippen LogP contribution is -1.99. The molecule has 0 aliphatic heterocycles. The molecule has 0 fully saturated rings. The number of aryl methyl sites for hydroxylation is 2. The number of hydrogen-bond donors (Lipinski definition) is 1. The minimum absolute atomic E-state index is 0.178. The van der Waals surface area contributed by atoms with E-state index in [2.05, 4.69) is 10.1 Å². The number of nitrogens with zero attached hydrogens (tertiary/aromatic N) is 3. The number of carboxylic acid groups (broad SMARTS) is 1. The topological polar surface area (TPSA) is 81.1 Å². The van der Waals surface area contributed by atoms with Crippen LogP contribution in [-0.4, -0.2) is 25.8 Å². The SMILES string of the molecule is CCc1cc(-c2nc(C(F)F)c(C(=O)O)o2)n(C)n1. The van der Waals surface area contributed by atoms with Crippen LogP contribution in [-0.2, 0) is 13.5 Å². The molecule has 19 heavy (non-hydrogen) atoms. The van der Waals surface area contributed by atoms with Crippen molar-refractivity contribution >= 4 is 5.97 Å². The van der Waals surface area contributed by atoms with Gasteiger partial charge in [0, 0.05) is 7.05 Å². The van der Waals surface area contributed by atoms with E-state index in [1.165, 1.54) is 4.68 Å². The van der Waals surface area contributed by atoms with Crippen LogP contribution in [0.15, 0.2) is 10.5 Å². The first-order valence-corrected chi connectivity index (χ1v) is 5.49. The van der Waals surface area contributed by atoms with E-state index in [4.69, 9.17) is 9.52 Å². The number of halogens is 2. The highest BCUT2D eigenvalue weighted by Crippen LogP contribution is 2.28. The van der Waals surface area contributed by atoms with E-state index >= 15 is 0 Å². The number of rotatable bonds is 4. The summed E-state index contributed by atoms with van der Waals surface area (Å²) in [4.78, 5) is 14.4. The van der Waals surface area contributed by atoms with Gasteiger partial charge in [-0.05, 0) is 12.5 Å². The van der Waals surface area contributed by atoms with E-state index in [1.54, 1.807) is 13.1 Å². The van der Waals surface area contributed by atoms with Crippen molar-refractivity contribution in [2.75, 3.05) is 0 Å². The molecule has 0 bridgehead atoms. The van der Waals surface area contributed by atoms with Crippen molar-refractivity contribution in [3.8, 4) is 11.6 Å². The monoisotopic (exact) mass is 271 g/mol. The van der Waals surface area contributed by atoms with Crippen LogP contribution in [0.1, 0.15) is 35.3 Å². The molecule has 0 aliphatic rings. The zero-order chi connectivity index (χ0) is 14.2. The maximum Gasteiger partial charge on any atom is 0.374 e. The van der Waals surface area contributed by atoms with Crippen LogP contribution in [0.4, 0.5) is 8.78 Å². The molecule has 0 unspecified atom stereocenters. The second-order valence-electron chi connectivity index (χ2n) is 3.84. The molecule has 2 aromatic rings. The number of oxazole rings is 1. The van der Waals surface area contributed by atoms with Gasteiger partial charge in [0.05, 0.1) is 5.69 Å². The summed E-state index contributed by atoms with van der Waals surface area (Å²) in [6, 6.07) is 1.62. The summed E-state index contributed by atoms with van der Waals surface area (Å²) in [7, 11) is 1.60. The molecule has 102 valence electrons. The lowest BCUT2D eigenvalue weighted by molar-refractivity contribution is 0.0646. The first-order valence-electron chi connectivity index (χ1n) is 5.49. The summed E-state index contributed by atoms with van der Waals surface area (Å²) in [5, 5.41) is 12.9. The molecule has 1 N–H and O–H groups in total. The van der Waals surface area contributed by atoms with Crippen molar-refractivity contribution < 1.29 is 23.1 Å². The first-order chi connectivity index (χ1) is 8.93. The number of carbonyl (C=O) groups is 1. The molecular weight excluding hydrogens is 260 g/mol. The first kappa shape index (κ1) is 13.2. The van der Waals surface area contributed by atoms with E-state index in [0.717, 1.165) is 5.69 Å². The van der Waals surface area contributed by atoms with Crippen molar-refractivity contribution in [2.45, 2.75) is 19.8 Å². The molecule has 0 atom stereocenters. The average molecular weight is 271 g/mol. The normalized spacial score (nSPS) is 11.2. The van der Waals surface area contributed by atoms with Gasteiger partial charge in [0.25, 0.3) is 6.43 Å². The van der Waals surface area contributed by atoms with E-state index in [9.17, 15) is 13.6 Å². The Balaban J connectivity index is 2.53. The quantitative estimate of drug-likeness (QED) is 0.922. The van der Waals surface area contributed by atoms with E-state index in [1.807, 2.05) is 6.92 Å². The zero-order valence-corrected chi connectivity index (χ0v) is 10.2. The molecule has 2 heterocycles. The summed E-state index contributed by atoms with van der Waals surface area (Å²) >= 11 is 0. The average Bonchev–Trinajstić information content (AvgIpc) is 2.91. The van der Waals surface area contributed by atoms with Crippen LogP contribution < -0.4 is 0 Å². The Bertz CT molecular complexity index is 619. The van der Waals surface area contributed by atoms with Crippen molar-refractivity contribution in [1.82, 2.24) is 14.8 Å². The lowest BCUT2D eigenvalue weighted by Gasteiger charge is -1.94. The summed E-state index contributed by atoms with van der Waals surface area (Å²) in [5.41, 5.74) is 0.208. The molecule has 2 rings (SSSR count). The van der Waals surface area contributed by atoms with Gasteiger partial charge in [-0.3, -0.25) is 4.68 Å². The minimum Gasteiger partial charge on any atom is -0.475 e. The van der Waals surface area contributed by atoms with Crippen LogP contribution in [0, 0.1) is 0 Å². The maximum absolute atomic E-state index is 12.7. The summed E-state index contributed by atoms with van der Waals surface area (Å²) in [5.74, 6) is -2.60. The van der Waals surface area contributed by atoms with Crippen molar-refractivity contribution in [3.63, 3.8) is 0 Å². The molecule has 0 saturated carbocycles. The van der Waals surface area contributed by atoms with Crippen molar-refractivity contribution in [2.24, 2.45) is 7.05 Å². The van der Waals surface area contributed by atoms with Crippen molar-refractivity contribution in [3.05, 3.63) is 23.2 Å². The van der Waals surface area contributed by atoms with Gasteiger partial charge in [-0.1, -0.05) is 6.92 Å². The molecule has 0 amide bonds. The Morgan fingerprint density at radius 3 is 2.68 bits per heavy atom. The highest BCUT2D eigenvalue weighted by Gasteiger charge is 2.27. The van der Waals surface area contributed by atoms with Crippen LogP contribution in [0.3, 0.4) is 0 Å². The fraction of sp³-hybridized carbons (Fsp3) is 0.364. The number of aromatic carboxylic acids is 1. The van der Waals surface area contributed by atoms with Crippen LogP contribution in [0.2, 0.25) is 0 Å². The number of alkyl halides is 2. The van der Waals surface area contributed by atoms with Gasteiger partial charge in [-0.15, -0.1) is 0 Å². The Morgan fingerprint density at radius 2 is 2.26 bits per heavy atom. The third kappa shape index (κ3) is 2.33. The largest absolute Gasteiger partial charge is 0.475 e. The molecule has 0 aliphatic carbocycles. The second kappa shape index (κ2) is 4.79. The number of carboxylic acids is 1. The predicted octanol–water partition coefficient (Wildman–Crippen LogP) is 2.27. The molecule has 2 aromatic heterocycles. The van der Waals surface area contributed by atoms with E-state index in [-0.39, 0.29) is 5.89 Å². The molecule has 0 spiro atoms. The lowest BCUT2D eigenvalue weighted by atomic mass is 10.3. The summed E-state index contributed by atoms with van der Waals surface area (Å²) < 4.78 is 31.7. The van der Waals surface area contributed by atoms with Crippen LogP contribution in [0.5, 0.6) is 0 Å². The Kier molecular flexibility index (Phi) is 3.32. The standard InChI is InChI=1S/C11H11F2N3O3/c1-3-5-4-6(16(2)15-5)10-14-7(9(12)13)8(19-10)11(17)18/h4,9H,3H2,1-2H3,(H,17,18). The van der Waals surface area contributed by atoms with Gasteiger partial charge in [0.15, 0.2) is 5.69 Å². The molecule has 0 aromatic carbocycles. The summed E-state index contributed by atoms with van der Waals surface area (Å²) in [6.45, 7) is 1.88. The van der Waals surface area contributed by atoms with E-state index in [0.29, 0.717) is 12.1 Å².